The molecule has 0 bridgehead atoms. The van der Waals surface area contributed by atoms with Crippen LogP contribution in [0.25, 0.3) is 0 Å². The summed E-state index contributed by atoms with van der Waals surface area (Å²) in [7, 11) is 3.45. The van der Waals surface area contributed by atoms with Gasteiger partial charge in [-0.15, -0.1) is 0 Å². The van der Waals surface area contributed by atoms with Gasteiger partial charge in [-0.25, -0.2) is 4.79 Å². The minimum absolute atomic E-state index is 0.0218. The molecule has 8 heteroatoms. The van der Waals surface area contributed by atoms with Crippen LogP contribution in [-0.2, 0) is 13.5 Å². The number of piperazine rings is 1. The highest BCUT2D eigenvalue weighted by Gasteiger charge is 2.27. The van der Waals surface area contributed by atoms with Crippen molar-refractivity contribution in [1.29, 1.82) is 0 Å². The van der Waals surface area contributed by atoms with Gasteiger partial charge in [-0.3, -0.25) is 0 Å². The number of hydrogen-bond donors (Lipinski definition) is 2. The van der Waals surface area contributed by atoms with Crippen LogP contribution in [0, 0.1) is 0 Å². The Kier molecular flexibility index (Phi) is 6.06. The van der Waals surface area contributed by atoms with E-state index in [1.807, 2.05) is 29.2 Å². The van der Waals surface area contributed by atoms with E-state index in [9.17, 15) is 4.79 Å². The van der Waals surface area contributed by atoms with Crippen molar-refractivity contribution in [2.75, 3.05) is 33.3 Å². The van der Waals surface area contributed by atoms with Gasteiger partial charge in [0.1, 0.15) is 5.75 Å². The van der Waals surface area contributed by atoms with Crippen LogP contribution in [0.4, 0.5) is 4.79 Å². The van der Waals surface area contributed by atoms with Crippen molar-refractivity contribution in [3.05, 3.63) is 41.7 Å². The third-order valence-corrected chi connectivity index (χ3v) is 4.54. The molecule has 0 saturated carbocycles. The molecule has 0 spiro atoms. The number of carbonyl (C=O) groups excluding carboxylic acids is 1. The number of nitrogens with one attached hydrogen (secondary N) is 2. The molecule has 8 nitrogen and oxygen atoms in total. The molecule has 1 aromatic heterocycles. The number of urea groups is 1. The molecule has 0 radical (unpaired) electrons. The van der Waals surface area contributed by atoms with Crippen LogP contribution in [0.3, 0.4) is 0 Å². The van der Waals surface area contributed by atoms with Crippen LogP contribution in [0.15, 0.2) is 30.5 Å². The van der Waals surface area contributed by atoms with Gasteiger partial charge in [0.05, 0.1) is 25.0 Å². The summed E-state index contributed by atoms with van der Waals surface area (Å²) in [4.78, 5) is 16.1. The van der Waals surface area contributed by atoms with Crippen molar-refractivity contribution in [3.63, 3.8) is 0 Å². The van der Waals surface area contributed by atoms with E-state index in [-0.39, 0.29) is 12.1 Å². The van der Waals surface area contributed by atoms with Gasteiger partial charge in [0.15, 0.2) is 0 Å². The fourth-order valence-corrected chi connectivity index (χ4v) is 3.14. The van der Waals surface area contributed by atoms with Crippen LogP contribution in [-0.4, -0.2) is 59.2 Å². The van der Waals surface area contributed by atoms with Crippen molar-refractivity contribution in [1.82, 2.24) is 30.5 Å². The summed E-state index contributed by atoms with van der Waals surface area (Å²) < 4.78 is 5.21. The Morgan fingerprint density at radius 3 is 2.88 bits per heavy atom. The second-order valence-corrected chi connectivity index (χ2v) is 6.35. The highest BCUT2D eigenvalue weighted by molar-refractivity contribution is 5.75. The largest absolute Gasteiger partial charge is 0.497 e. The number of rotatable bonds is 6. The molecule has 1 atom stereocenters. The van der Waals surface area contributed by atoms with E-state index in [4.69, 9.17) is 4.74 Å². The average Bonchev–Trinajstić information content (AvgIpc) is 3.10. The monoisotopic (exact) mass is 358 g/mol. The lowest BCUT2D eigenvalue weighted by Crippen LogP contribution is -2.52. The van der Waals surface area contributed by atoms with Crippen molar-refractivity contribution in [3.8, 4) is 5.75 Å². The minimum Gasteiger partial charge on any atom is -0.497 e. The molecule has 1 unspecified atom stereocenters. The van der Waals surface area contributed by atoms with E-state index >= 15 is 0 Å². The topological polar surface area (TPSA) is 84.3 Å². The molecule has 26 heavy (non-hydrogen) atoms. The lowest BCUT2D eigenvalue weighted by atomic mass is 10.0. The summed E-state index contributed by atoms with van der Waals surface area (Å²) in [5, 5.41) is 14.7. The minimum atomic E-state index is -0.0218. The fourth-order valence-electron chi connectivity index (χ4n) is 3.14. The van der Waals surface area contributed by atoms with Gasteiger partial charge in [0.25, 0.3) is 0 Å². The average molecular weight is 358 g/mol. The number of amides is 2. The highest BCUT2D eigenvalue weighted by atomic mass is 16.5. The molecule has 3 rings (SSSR count). The number of ether oxygens (including phenoxy) is 1. The standard InChI is InChI=1S/C18H26N6O2/c1-23-21-12-15(22-23)4-3-9-20-18(25)24-11-10-19-13-17(24)14-5-7-16(26-2)8-6-14/h5-8,12,17,19H,3-4,9-11,13H2,1-2H3,(H,20,25). The molecular formula is C18H26N6O2. The van der Waals surface area contributed by atoms with Crippen molar-refractivity contribution >= 4 is 6.03 Å². The van der Waals surface area contributed by atoms with Crippen LogP contribution in [0.1, 0.15) is 23.7 Å². The number of nitrogens with zero attached hydrogens (tertiary/aromatic N) is 4. The van der Waals surface area contributed by atoms with Gasteiger partial charge in [-0.05, 0) is 30.5 Å². The Balaban J connectivity index is 1.53. The number of methoxy groups -OCH3 is 1. The molecule has 1 saturated heterocycles. The molecule has 1 aliphatic heterocycles. The number of aryl methyl sites for hydroxylation is 2. The summed E-state index contributed by atoms with van der Waals surface area (Å²) in [5.41, 5.74) is 2.05. The van der Waals surface area contributed by atoms with Crippen LogP contribution < -0.4 is 15.4 Å². The maximum absolute atomic E-state index is 12.7. The predicted molar refractivity (Wildman–Crippen MR) is 98.0 cm³/mol. The smallest absolute Gasteiger partial charge is 0.318 e. The summed E-state index contributed by atoms with van der Waals surface area (Å²) in [6.07, 6.45) is 3.40. The molecule has 1 aliphatic rings. The summed E-state index contributed by atoms with van der Waals surface area (Å²) in [5.74, 6) is 0.817. The van der Waals surface area contributed by atoms with Crippen molar-refractivity contribution in [2.24, 2.45) is 7.05 Å². The Bertz CT molecular complexity index is 715. The number of carbonyl (C=O) groups is 1. The Morgan fingerprint density at radius 1 is 1.38 bits per heavy atom. The molecule has 140 valence electrons. The quantitative estimate of drug-likeness (QED) is 0.756. The van der Waals surface area contributed by atoms with Gasteiger partial charge in [-0.1, -0.05) is 12.1 Å². The molecule has 2 aromatic rings. The predicted octanol–water partition coefficient (Wildman–Crippen LogP) is 1.11. The lowest BCUT2D eigenvalue weighted by Gasteiger charge is -2.36. The molecule has 0 aliphatic carbocycles. The van der Waals surface area contributed by atoms with Gasteiger partial charge < -0.3 is 20.3 Å². The molecule has 2 N–H and O–H groups in total. The van der Waals surface area contributed by atoms with E-state index in [0.29, 0.717) is 13.1 Å². The second-order valence-electron chi connectivity index (χ2n) is 6.35. The summed E-state index contributed by atoms with van der Waals surface area (Å²) in [6, 6.07) is 7.90. The first kappa shape index (κ1) is 18.2. The van der Waals surface area contributed by atoms with Crippen molar-refractivity contribution < 1.29 is 9.53 Å². The SMILES string of the molecule is COc1ccc(C2CNCCN2C(=O)NCCCc2cnn(C)n2)cc1. The van der Waals surface area contributed by atoms with E-state index in [0.717, 1.165) is 42.9 Å². The molecular weight excluding hydrogens is 332 g/mol. The number of aromatic nitrogens is 3. The maximum Gasteiger partial charge on any atom is 0.318 e. The van der Waals surface area contributed by atoms with E-state index in [1.54, 1.807) is 25.2 Å². The van der Waals surface area contributed by atoms with E-state index < -0.39 is 0 Å². The first-order valence-corrected chi connectivity index (χ1v) is 8.91. The third kappa shape index (κ3) is 4.51. The van der Waals surface area contributed by atoms with E-state index in [2.05, 4.69) is 20.8 Å². The Hall–Kier alpha value is -2.61. The van der Waals surface area contributed by atoms with Gasteiger partial charge in [0, 0.05) is 33.2 Å². The molecule has 2 amide bonds. The second kappa shape index (κ2) is 8.66. The maximum atomic E-state index is 12.7. The lowest BCUT2D eigenvalue weighted by molar-refractivity contribution is 0.158. The molecule has 1 fully saturated rings. The Morgan fingerprint density at radius 2 is 2.19 bits per heavy atom. The first-order chi connectivity index (χ1) is 12.7. The zero-order valence-corrected chi connectivity index (χ0v) is 15.3. The van der Waals surface area contributed by atoms with Crippen LogP contribution >= 0.6 is 0 Å². The number of hydrogen-bond acceptors (Lipinski definition) is 5. The third-order valence-electron chi connectivity index (χ3n) is 4.54. The normalized spacial score (nSPS) is 17.2. The molecule has 1 aromatic carbocycles. The van der Waals surface area contributed by atoms with Gasteiger partial charge in [-0.2, -0.15) is 15.0 Å². The zero-order valence-electron chi connectivity index (χ0n) is 15.3. The van der Waals surface area contributed by atoms with E-state index in [1.165, 1.54) is 0 Å². The van der Waals surface area contributed by atoms with Gasteiger partial charge >= 0.3 is 6.03 Å². The first-order valence-electron chi connectivity index (χ1n) is 8.91. The highest BCUT2D eigenvalue weighted by Crippen LogP contribution is 2.24. The van der Waals surface area contributed by atoms with Crippen LogP contribution in [0.5, 0.6) is 5.75 Å². The Labute approximate surface area is 153 Å². The summed E-state index contributed by atoms with van der Waals surface area (Å²) in [6.45, 7) is 2.86. The number of benzene rings is 1. The molecule has 2 heterocycles. The van der Waals surface area contributed by atoms with Crippen LogP contribution in [0.2, 0.25) is 0 Å². The summed E-state index contributed by atoms with van der Waals surface area (Å²) >= 11 is 0. The fraction of sp³-hybridized carbons (Fsp3) is 0.500. The van der Waals surface area contributed by atoms with Gasteiger partial charge in [0.2, 0.25) is 0 Å². The zero-order chi connectivity index (χ0) is 18.4. The van der Waals surface area contributed by atoms with Crippen molar-refractivity contribution in [2.45, 2.75) is 18.9 Å².